The summed E-state index contributed by atoms with van der Waals surface area (Å²) in [5.41, 5.74) is 0. The quantitative estimate of drug-likeness (QED) is 0.275. The molecule has 24 valence electrons. The summed E-state index contributed by atoms with van der Waals surface area (Å²) in [7, 11) is 0. The second-order valence-electron chi connectivity index (χ2n) is 0. The van der Waals surface area contributed by atoms with Gasteiger partial charge in [-0.15, -0.1) is 0 Å². The normalized spacial score (nSPS) is 0. The highest BCUT2D eigenvalue weighted by molar-refractivity contribution is 5.76. The van der Waals surface area contributed by atoms with Crippen molar-refractivity contribution in [3.05, 3.63) is 0 Å². The molecular formula is B8. The van der Waals surface area contributed by atoms with Gasteiger partial charge in [0.05, 0.1) is 0 Å². The van der Waals surface area contributed by atoms with E-state index in [2.05, 4.69) is 0 Å². The van der Waals surface area contributed by atoms with Crippen LogP contribution in [0.15, 0.2) is 0 Å². The predicted octanol–water partition coefficient (Wildman–Crippen LogP) is -3.05. The average molecular weight is 86.5 g/mol. The fraction of sp³-hybridized carbons (Fsp3) is 0. The van der Waals surface area contributed by atoms with Crippen LogP contribution in [0, 0.1) is 0 Å². The Morgan fingerprint density at radius 3 is 0.125 bits per heavy atom. The largest absolute Gasteiger partial charge is 0 e. The number of rotatable bonds is 0. The number of hydrogen-bond donors (Lipinski definition) is 0. The fourth-order valence-corrected chi connectivity index (χ4v) is 0. The van der Waals surface area contributed by atoms with Crippen LogP contribution in [0.4, 0.5) is 0 Å². The molecule has 8 heteroatoms. The van der Waals surface area contributed by atoms with Gasteiger partial charge < -0.3 is 0 Å². The Balaban J connectivity index is 0. The average Bonchev–Trinajstić information content (AvgIpc) is 0. The van der Waals surface area contributed by atoms with Crippen molar-refractivity contribution in [2.24, 2.45) is 0 Å². The van der Waals surface area contributed by atoms with Crippen molar-refractivity contribution < 1.29 is 0 Å². The van der Waals surface area contributed by atoms with E-state index < -0.39 is 0 Å². The summed E-state index contributed by atoms with van der Waals surface area (Å²) < 4.78 is 0. The van der Waals surface area contributed by atoms with Gasteiger partial charge in [0.1, 0.15) is 0 Å². The molecule has 0 aliphatic heterocycles. The Kier molecular flexibility index (Phi) is 264000. The van der Waals surface area contributed by atoms with Crippen molar-refractivity contribution in [1.29, 1.82) is 0 Å². The minimum atomic E-state index is 0. The highest BCUT2D eigenvalue weighted by Gasteiger charge is 0.00700. The maximum atomic E-state index is 0. The van der Waals surface area contributed by atoms with E-state index in [1.807, 2.05) is 0 Å². The zero-order valence-electron chi connectivity index (χ0n) is 4.62. The standard InChI is InChI=1S/8B. The molecule has 0 N–H and O–H groups in total. The fourth-order valence-electron chi connectivity index (χ4n) is 0. The molecule has 0 saturated carbocycles. The third-order valence-corrected chi connectivity index (χ3v) is 0. The van der Waals surface area contributed by atoms with Crippen LogP contribution < -0.4 is 0 Å². The SMILES string of the molecule is [B].[B].[B].[B].[B].[B].[B].[B]. The Hall–Kier alpha value is 0.519. The molecule has 0 aliphatic carbocycles. The summed E-state index contributed by atoms with van der Waals surface area (Å²) in [6.45, 7) is 0. The molecule has 0 saturated heterocycles. The van der Waals surface area contributed by atoms with E-state index in [4.69, 9.17) is 0 Å². The molecule has 0 fully saturated rings. The molecule has 0 aromatic carbocycles. The molecule has 0 amide bonds. The highest BCUT2D eigenvalue weighted by atomic mass is 10.8. The van der Waals surface area contributed by atoms with Crippen LogP contribution in [0.2, 0.25) is 0 Å². The van der Waals surface area contributed by atoms with Crippen molar-refractivity contribution in [1.82, 2.24) is 0 Å². The lowest BCUT2D eigenvalue weighted by atomic mass is 10.8. The zero-order valence-corrected chi connectivity index (χ0v) is 4.62. The lowest BCUT2D eigenvalue weighted by Crippen LogP contribution is -0.382. The third kappa shape index (κ3) is 736. The van der Waals surface area contributed by atoms with Gasteiger partial charge in [-0.05, 0) is 0 Å². The van der Waals surface area contributed by atoms with Crippen LogP contribution in [-0.2, 0) is 0 Å². The first kappa shape index (κ1) is 1790. The summed E-state index contributed by atoms with van der Waals surface area (Å²) in [6, 6.07) is 0. The summed E-state index contributed by atoms with van der Waals surface area (Å²) in [4.78, 5) is 0. The molecule has 0 aromatic heterocycles. The first-order chi connectivity index (χ1) is 0. The van der Waals surface area contributed by atoms with Crippen LogP contribution in [0.5, 0.6) is 0 Å². The van der Waals surface area contributed by atoms with E-state index in [0.717, 1.165) is 0 Å². The van der Waals surface area contributed by atoms with Crippen molar-refractivity contribution >= 4 is 67.3 Å². The van der Waals surface area contributed by atoms with E-state index >= 15 is 0 Å². The first-order valence-electron chi connectivity index (χ1n) is 0. The minimum Gasteiger partial charge on any atom is 0 e. The summed E-state index contributed by atoms with van der Waals surface area (Å²) in [5.74, 6) is 0. The van der Waals surface area contributed by atoms with Crippen molar-refractivity contribution in [3.63, 3.8) is 0 Å². The number of hydrogen-bond acceptors (Lipinski definition) is 0. The monoisotopic (exact) mass is 88.1 g/mol. The van der Waals surface area contributed by atoms with Gasteiger partial charge in [-0.25, -0.2) is 0 Å². The van der Waals surface area contributed by atoms with Crippen LogP contribution in [0.25, 0.3) is 0 Å². The molecule has 0 spiro atoms. The Labute approximate surface area is 67.9 Å². The summed E-state index contributed by atoms with van der Waals surface area (Å²) in [6.07, 6.45) is 0. The zero-order chi connectivity index (χ0) is 0. The van der Waals surface area contributed by atoms with Crippen molar-refractivity contribution in [2.75, 3.05) is 0 Å². The molecule has 0 aliphatic rings. The molecular weight excluding hydrogens is 86.5 g/mol. The van der Waals surface area contributed by atoms with Crippen LogP contribution in [-0.4, -0.2) is 67.3 Å². The molecule has 0 unspecified atom stereocenters. The van der Waals surface area contributed by atoms with Crippen LogP contribution in [0.3, 0.4) is 0 Å². The summed E-state index contributed by atoms with van der Waals surface area (Å²) in [5, 5.41) is 0. The van der Waals surface area contributed by atoms with Gasteiger partial charge in [-0.3, -0.25) is 0 Å². The highest BCUT2D eigenvalue weighted by Crippen LogP contribution is -0.374. The Morgan fingerprint density at radius 2 is 0.125 bits per heavy atom. The van der Waals surface area contributed by atoms with E-state index in [0.29, 0.717) is 0 Å². The van der Waals surface area contributed by atoms with Gasteiger partial charge in [0.25, 0.3) is 0 Å². The van der Waals surface area contributed by atoms with Crippen molar-refractivity contribution in [3.8, 4) is 0 Å². The molecule has 24 radical (unpaired) electrons. The summed E-state index contributed by atoms with van der Waals surface area (Å²) >= 11 is 0. The van der Waals surface area contributed by atoms with Gasteiger partial charge in [0.2, 0.25) is 0 Å². The van der Waals surface area contributed by atoms with E-state index in [1.165, 1.54) is 0 Å². The molecule has 0 bridgehead atoms. The lowest BCUT2D eigenvalue weighted by Gasteiger charge is -0.00100. The smallest absolute Gasteiger partial charge is 0 e. The second kappa shape index (κ2) is 1180. The molecule has 0 rings (SSSR count). The Morgan fingerprint density at radius 1 is 0.125 bits per heavy atom. The lowest BCUT2D eigenvalue weighted by molar-refractivity contribution is 5.75. The van der Waals surface area contributed by atoms with Gasteiger partial charge in [0, 0.05) is 67.3 Å². The molecule has 0 aromatic rings. The van der Waals surface area contributed by atoms with Gasteiger partial charge in [-0.2, -0.15) is 0 Å². The van der Waals surface area contributed by atoms with Gasteiger partial charge >= 0.3 is 0 Å². The van der Waals surface area contributed by atoms with Gasteiger partial charge in [-0.1, -0.05) is 0 Å². The first-order valence-corrected chi connectivity index (χ1v) is 0. The van der Waals surface area contributed by atoms with Crippen molar-refractivity contribution in [2.45, 2.75) is 0 Å². The molecule has 0 heterocycles. The molecule has 0 nitrogen and oxygen atoms in total. The minimum absolute atomic E-state index is 0. The maximum Gasteiger partial charge on any atom is 0 e. The van der Waals surface area contributed by atoms with Crippen LogP contribution >= 0.6 is 0 Å². The van der Waals surface area contributed by atoms with E-state index in [-0.39, 0.29) is 67.3 Å². The van der Waals surface area contributed by atoms with Crippen LogP contribution in [0.1, 0.15) is 0 Å². The van der Waals surface area contributed by atoms with E-state index in [9.17, 15) is 0 Å². The second-order valence-corrected chi connectivity index (χ2v) is 0. The third-order valence-electron chi connectivity index (χ3n) is 0. The molecule has 8 heavy (non-hydrogen) atoms. The molecule has 0 atom stereocenters. The Bertz CT molecular complexity index is 0. The topological polar surface area (TPSA) is 0 Å². The van der Waals surface area contributed by atoms with E-state index in [1.54, 1.807) is 0 Å². The van der Waals surface area contributed by atoms with Gasteiger partial charge in [0.15, 0.2) is 0 Å². The maximum absolute atomic E-state index is 0. The predicted molar refractivity (Wildman–Crippen MR) is 46.0 cm³/mol.